The monoisotopic (exact) mass is 244 g/mol. The predicted octanol–water partition coefficient (Wildman–Crippen LogP) is 0.644. The summed E-state index contributed by atoms with van der Waals surface area (Å²) in [5.74, 6) is 0.165. The third kappa shape index (κ3) is 6.00. The molecule has 1 aliphatic rings. The van der Waals surface area contributed by atoms with Gasteiger partial charge in [-0.1, -0.05) is 0 Å². The number of rotatable bonds is 9. The van der Waals surface area contributed by atoms with Crippen molar-refractivity contribution in [3.8, 4) is 0 Å². The van der Waals surface area contributed by atoms with Crippen molar-refractivity contribution >= 4 is 5.91 Å². The van der Waals surface area contributed by atoms with E-state index in [-0.39, 0.29) is 12.2 Å². The van der Waals surface area contributed by atoms with Gasteiger partial charge in [0.25, 0.3) is 0 Å². The fourth-order valence-corrected chi connectivity index (χ4v) is 1.91. The van der Waals surface area contributed by atoms with Crippen LogP contribution in [0.2, 0.25) is 0 Å². The van der Waals surface area contributed by atoms with E-state index in [0.29, 0.717) is 25.7 Å². The van der Waals surface area contributed by atoms with Crippen LogP contribution in [0.3, 0.4) is 0 Å². The Balaban J connectivity index is 2.03. The largest absolute Gasteiger partial charge is 0.353 e. The molecule has 0 aliphatic carbocycles. The normalized spacial score (nSPS) is 19.9. The van der Waals surface area contributed by atoms with E-state index in [0.717, 1.165) is 25.9 Å². The topological polar surface area (TPSA) is 59.6 Å². The zero-order chi connectivity index (χ0) is 12.5. The van der Waals surface area contributed by atoms with Gasteiger partial charge >= 0.3 is 0 Å². The summed E-state index contributed by atoms with van der Waals surface area (Å²) in [6, 6.07) is 0.292. The van der Waals surface area contributed by atoms with Gasteiger partial charge < -0.3 is 20.1 Å². The molecule has 0 aromatic carbocycles. The van der Waals surface area contributed by atoms with Crippen LogP contribution >= 0.6 is 0 Å². The van der Waals surface area contributed by atoms with Gasteiger partial charge in [-0.3, -0.25) is 4.79 Å². The van der Waals surface area contributed by atoms with Crippen molar-refractivity contribution in [3.63, 3.8) is 0 Å². The van der Waals surface area contributed by atoms with Gasteiger partial charge in [0, 0.05) is 45.2 Å². The minimum Gasteiger partial charge on any atom is -0.353 e. The number of amides is 1. The molecule has 5 nitrogen and oxygen atoms in total. The lowest BCUT2D eigenvalue weighted by atomic mass is 10.2. The summed E-state index contributed by atoms with van der Waals surface area (Å²) in [7, 11) is 0. The average molecular weight is 244 g/mol. The van der Waals surface area contributed by atoms with Gasteiger partial charge in [0.15, 0.2) is 6.29 Å². The molecule has 2 N–H and O–H groups in total. The second-order valence-corrected chi connectivity index (χ2v) is 4.14. The summed E-state index contributed by atoms with van der Waals surface area (Å²) in [6.07, 6.45) is 2.32. The van der Waals surface area contributed by atoms with Crippen molar-refractivity contribution in [2.24, 2.45) is 0 Å². The number of hydrogen-bond donors (Lipinski definition) is 2. The third-order valence-electron chi connectivity index (χ3n) is 2.74. The summed E-state index contributed by atoms with van der Waals surface area (Å²) in [5.41, 5.74) is 0. The minimum atomic E-state index is -0.115. The quantitative estimate of drug-likeness (QED) is 0.462. The zero-order valence-electron chi connectivity index (χ0n) is 10.8. The first-order valence-corrected chi connectivity index (χ1v) is 6.49. The molecule has 1 amide bonds. The molecule has 1 fully saturated rings. The van der Waals surface area contributed by atoms with Gasteiger partial charge in [-0.2, -0.15) is 0 Å². The van der Waals surface area contributed by atoms with Crippen molar-refractivity contribution in [1.82, 2.24) is 10.6 Å². The van der Waals surface area contributed by atoms with E-state index in [1.807, 2.05) is 13.8 Å². The Morgan fingerprint density at radius 1 is 1.41 bits per heavy atom. The SMILES string of the molecule is CCOC(CCNCC1CCC(=O)N1)OCC. The molecule has 0 radical (unpaired) electrons. The van der Waals surface area contributed by atoms with Crippen LogP contribution in [0.25, 0.3) is 0 Å². The van der Waals surface area contributed by atoms with Crippen LogP contribution < -0.4 is 10.6 Å². The summed E-state index contributed by atoms with van der Waals surface area (Å²) in [6.45, 7) is 6.95. The van der Waals surface area contributed by atoms with Crippen LogP contribution in [0.1, 0.15) is 33.1 Å². The number of hydrogen-bond acceptors (Lipinski definition) is 4. The lowest BCUT2D eigenvalue weighted by molar-refractivity contribution is -0.138. The van der Waals surface area contributed by atoms with Gasteiger partial charge in [0.2, 0.25) is 5.91 Å². The molecule has 1 aliphatic heterocycles. The molecular formula is C12H24N2O3. The Hall–Kier alpha value is -0.650. The number of carbonyl (C=O) groups is 1. The highest BCUT2D eigenvalue weighted by molar-refractivity contribution is 5.78. The van der Waals surface area contributed by atoms with Gasteiger partial charge in [0.05, 0.1) is 0 Å². The Morgan fingerprint density at radius 3 is 2.65 bits per heavy atom. The second-order valence-electron chi connectivity index (χ2n) is 4.14. The first kappa shape index (κ1) is 14.4. The van der Waals surface area contributed by atoms with Crippen molar-refractivity contribution in [3.05, 3.63) is 0 Å². The molecule has 100 valence electrons. The maximum absolute atomic E-state index is 11.0. The van der Waals surface area contributed by atoms with Crippen molar-refractivity contribution in [1.29, 1.82) is 0 Å². The highest BCUT2D eigenvalue weighted by Crippen LogP contribution is 2.05. The molecule has 1 heterocycles. The molecule has 1 unspecified atom stereocenters. The Kier molecular flexibility index (Phi) is 7.16. The van der Waals surface area contributed by atoms with Crippen LogP contribution in [0.4, 0.5) is 0 Å². The van der Waals surface area contributed by atoms with Gasteiger partial charge in [-0.15, -0.1) is 0 Å². The fraction of sp³-hybridized carbons (Fsp3) is 0.917. The van der Waals surface area contributed by atoms with Crippen molar-refractivity contribution in [2.45, 2.75) is 45.4 Å². The van der Waals surface area contributed by atoms with Gasteiger partial charge in [-0.25, -0.2) is 0 Å². The smallest absolute Gasteiger partial charge is 0.220 e. The minimum absolute atomic E-state index is 0.115. The van der Waals surface area contributed by atoms with Crippen LogP contribution in [0.15, 0.2) is 0 Å². The van der Waals surface area contributed by atoms with E-state index in [4.69, 9.17) is 9.47 Å². The summed E-state index contributed by atoms with van der Waals surface area (Å²) in [5, 5.41) is 6.25. The van der Waals surface area contributed by atoms with Crippen molar-refractivity contribution < 1.29 is 14.3 Å². The van der Waals surface area contributed by atoms with Crippen LogP contribution in [-0.2, 0) is 14.3 Å². The van der Waals surface area contributed by atoms with E-state index < -0.39 is 0 Å². The van der Waals surface area contributed by atoms with Crippen molar-refractivity contribution in [2.75, 3.05) is 26.3 Å². The molecule has 0 saturated carbocycles. The molecule has 1 saturated heterocycles. The molecular weight excluding hydrogens is 220 g/mol. The molecule has 0 aromatic rings. The Labute approximate surface area is 103 Å². The van der Waals surface area contributed by atoms with Gasteiger partial charge in [-0.05, 0) is 20.3 Å². The van der Waals surface area contributed by atoms with E-state index in [2.05, 4.69) is 10.6 Å². The highest BCUT2D eigenvalue weighted by Gasteiger charge is 2.19. The lowest BCUT2D eigenvalue weighted by Crippen LogP contribution is -2.37. The number of nitrogens with one attached hydrogen (secondary N) is 2. The maximum atomic E-state index is 11.0. The van der Waals surface area contributed by atoms with Crippen LogP contribution in [0, 0.1) is 0 Å². The molecule has 0 aromatic heterocycles. The first-order chi connectivity index (χ1) is 8.26. The molecule has 1 rings (SSSR count). The average Bonchev–Trinajstić information content (AvgIpc) is 2.71. The molecule has 0 spiro atoms. The number of carbonyl (C=O) groups excluding carboxylic acids is 1. The standard InChI is InChI=1S/C12H24N2O3/c1-3-16-12(17-4-2)7-8-13-9-10-5-6-11(15)14-10/h10,12-13H,3-9H2,1-2H3,(H,14,15). The summed E-state index contributed by atoms with van der Waals surface area (Å²) >= 11 is 0. The molecule has 0 bridgehead atoms. The lowest BCUT2D eigenvalue weighted by Gasteiger charge is -2.18. The fourth-order valence-electron chi connectivity index (χ4n) is 1.91. The third-order valence-corrected chi connectivity index (χ3v) is 2.74. The zero-order valence-corrected chi connectivity index (χ0v) is 10.8. The second kappa shape index (κ2) is 8.44. The number of ether oxygens (including phenoxy) is 2. The molecule has 17 heavy (non-hydrogen) atoms. The summed E-state index contributed by atoms with van der Waals surface area (Å²) < 4.78 is 10.9. The van der Waals surface area contributed by atoms with E-state index >= 15 is 0 Å². The Morgan fingerprint density at radius 2 is 2.12 bits per heavy atom. The van der Waals surface area contributed by atoms with E-state index in [9.17, 15) is 4.79 Å². The maximum Gasteiger partial charge on any atom is 0.220 e. The predicted molar refractivity (Wildman–Crippen MR) is 65.7 cm³/mol. The first-order valence-electron chi connectivity index (χ1n) is 6.49. The molecule has 5 heteroatoms. The van der Waals surface area contributed by atoms with E-state index in [1.54, 1.807) is 0 Å². The van der Waals surface area contributed by atoms with Gasteiger partial charge in [0.1, 0.15) is 0 Å². The summed E-state index contributed by atoms with van der Waals surface area (Å²) in [4.78, 5) is 11.0. The van der Waals surface area contributed by atoms with E-state index in [1.165, 1.54) is 0 Å². The van der Waals surface area contributed by atoms with Crippen LogP contribution in [0.5, 0.6) is 0 Å². The molecule has 1 atom stereocenters. The Bertz CT molecular complexity index is 218. The highest BCUT2D eigenvalue weighted by atomic mass is 16.7. The van der Waals surface area contributed by atoms with Crippen LogP contribution in [-0.4, -0.2) is 44.5 Å².